The van der Waals surface area contributed by atoms with Crippen LogP contribution in [0.3, 0.4) is 0 Å². The molecule has 0 spiro atoms. The van der Waals surface area contributed by atoms with Crippen molar-refractivity contribution in [3.63, 3.8) is 0 Å². The number of carbonyl (C=O) groups is 1. The van der Waals surface area contributed by atoms with E-state index in [1.807, 2.05) is 0 Å². The Hall–Kier alpha value is -0.570. The maximum absolute atomic E-state index is 11.8. The van der Waals surface area contributed by atoms with Gasteiger partial charge < -0.3 is 11.1 Å². The highest BCUT2D eigenvalue weighted by Crippen LogP contribution is 2.17. The molecule has 0 saturated carbocycles. The molecule has 3 N–H and O–H groups in total. The van der Waals surface area contributed by atoms with Crippen molar-refractivity contribution in [2.45, 2.75) is 47.5 Å². The van der Waals surface area contributed by atoms with E-state index >= 15 is 0 Å². The number of carbonyl (C=O) groups excluding carboxylic acids is 1. The zero-order valence-corrected chi connectivity index (χ0v) is 11.5. The summed E-state index contributed by atoms with van der Waals surface area (Å²) in [6.07, 6.45) is 1.87. The van der Waals surface area contributed by atoms with Gasteiger partial charge in [-0.15, -0.1) is 0 Å². The van der Waals surface area contributed by atoms with E-state index in [1.54, 1.807) is 0 Å². The van der Waals surface area contributed by atoms with Crippen molar-refractivity contribution in [1.82, 2.24) is 5.32 Å². The van der Waals surface area contributed by atoms with Gasteiger partial charge in [0.15, 0.2) is 0 Å². The molecule has 3 heteroatoms. The number of hydrogen-bond acceptors (Lipinski definition) is 2. The molecule has 1 amide bonds. The van der Waals surface area contributed by atoms with E-state index in [2.05, 4.69) is 39.9 Å². The lowest BCUT2D eigenvalue weighted by atomic mass is 9.92. The van der Waals surface area contributed by atoms with Gasteiger partial charge in [-0.05, 0) is 24.2 Å². The smallest absolute Gasteiger partial charge is 0.224 e. The van der Waals surface area contributed by atoms with Crippen LogP contribution in [0.2, 0.25) is 0 Å². The fourth-order valence-corrected chi connectivity index (χ4v) is 1.58. The molecule has 0 aromatic rings. The van der Waals surface area contributed by atoms with Gasteiger partial charge in [0.25, 0.3) is 0 Å². The third-order valence-electron chi connectivity index (χ3n) is 2.59. The SMILES string of the molecule is CC(C)CC(CN)C(=O)NCCC(C)(C)C. The Kier molecular flexibility index (Phi) is 6.65. The summed E-state index contributed by atoms with van der Waals surface area (Å²) in [5, 5.41) is 2.98. The van der Waals surface area contributed by atoms with Gasteiger partial charge in [-0.1, -0.05) is 34.6 Å². The molecule has 96 valence electrons. The molecule has 1 atom stereocenters. The van der Waals surface area contributed by atoms with Crippen LogP contribution in [0.5, 0.6) is 0 Å². The van der Waals surface area contributed by atoms with Crippen molar-refractivity contribution < 1.29 is 4.79 Å². The van der Waals surface area contributed by atoms with Crippen molar-refractivity contribution in [1.29, 1.82) is 0 Å². The first-order chi connectivity index (χ1) is 7.26. The Morgan fingerprint density at radius 1 is 1.31 bits per heavy atom. The van der Waals surface area contributed by atoms with Crippen molar-refractivity contribution in [3.05, 3.63) is 0 Å². The molecule has 0 radical (unpaired) electrons. The van der Waals surface area contributed by atoms with Crippen LogP contribution < -0.4 is 11.1 Å². The molecule has 0 aliphatic carbocycles. The molecule has 0 aromatic carbocycles. The first-order valence-electron chi connectivity index (χ1n) is 6.24. The number of nitrogens with two attached hydrogens (primary N) is 1. The van der Waals surface area contributed by atoms with Gasteiger partial charge in [-0.25, -0.2) is 0 Å². The zero-order chi connectivity index (χ0) is 12.8. The van der Waals surface area contributed by atoms with Crippen molar-refractivity contribution in [2.24, 2.45) is 23.0 Å². The zero-order valence-electron chi connectivity index (χ0n) is 11.5. The standard InChI is InChI=1S/C13H28N2O/c1-10(2)8-11(9-14)12(16)15-7-6-13(3,4)5/h10-11H,6-9,14H2,1-5H3,(H,15,16). The van der Waals surface area contributed by atoms with Crippen molar-refractivity contribution >= 4 is 5.91 Å². The van der Waals surface area contributed by atoms with Crippen molar-refractivity contribution in [3.8, 4) is 0 Å². The van der Waals surface area contributed by atoms with E-state index in [1.165, 1.54) is 0 Å². The summed E-state index contributed by atoms with van der Waals surface area (Å²) < 4.78 is 0. The predicted molar refractivity (Wildman–Crippen MR) is 69.1 cm³/mol. The summed E-state index contributed by atoms with van der Waals surface area (Å²) in [5.74, 6) is 0.599. The molecule has 0 rings (SSSR count). The molecular formula is C13H28N2O. The summed E-state index contributed by atoms with van der Waals surface area (Å²) in [5.41, 5.74) is 5.89. The van der Waals surface area contributed by atoms with Crippen LogP contribution in [0, 0.1) is 17.3 Å². The van der Waals surface area contributed by atoms with Crippen molar-refractivity contribution in [2.75, 3.05) is 13.1 Å². The van der Waals surface area contributed by atoms with E-state index in [0.717, 1.165) is 19.4 Å². The van der Waals surface area contributed by atoms with Gasteiger partial charge in [0.05, 0.1) is 5.92 Å². The number of amides is 1. The summed E-state index contributed by atoms with van der Waals surface area (Å²) in [7, 11) is 0. The molecule has 3 nitrogen and oxygen atoms in total. The van der Waals surface area contributed by atoms with Crippen LogP contribution in [0.25, 0.3) is 0 Å². The lowest BCUT2D eigenvalue weighted by Gasteiger charge is -2.20. The largest absolute Gasteiger partial charge is 0.356 e. The van der Waals surface area contributed by atoms with Gasteiger partial charge in [-0.3, -0.25) is 4.79 Å². The highest BCUT2D eigenvalue weighted by atomic mass is 16.1. The first-order valence-corrected chi connectivity index (χ1v) is 6.24. The Morgan fingerprint density at radius 3 is 2.25 bits per heavy atom. The fourth-order valence-electron chi connectivity index (χ4n) is 1.58. The van der Waals surface area contributed by atoms with Crippen LogP contribution >= 0.6 is 0 Å². The summed E-state index contributed by atoms with van der Waals surface area (Å²) in [6, 6.07) is 0. The third kappa shape index (κ3) is 7.69. The molecule has 0 aromatic heterocycles. The summed E-state index contributed by atoms with van der Waals surface area (Å²) >= 11 is 0. The number of hydrogen-bond donors (Lipinski definition) is 2. The van der Waals surface area contributed by atoms with Gasteiger partial charge in [-0.2, -0.15) is 0 Å². The molecule has 1 unspecified atom stereocenters. The maximum Gasteiger partial charge on any atom is 0.224 e. The number of rotatable bonds is 6. The molecule has 0 heterocycles. The average Bonchev–Trinajstić information content (AvgIpc) is 2.11. The fraction of sp³-hybridized carbons (Fsp3) is 0.923. The van der Waals surface area contributed by atoms with Crippen LogP contribution in [0.1, 0.15) is 47.5 Å². The minimum absolute atomic E-state index is 0.0278. The van der Waals surface area contributed by atoms with E-state index in [4.69, 9.17) is 5.73 Å². The van der Waals surface area contributed by atoms with Gasteiger partial charge >= 0.3 is 0 Å². The third-order valence-corrected chi connectivity index (χ3v) is 2.59. The van der Waals surface area contributed by atoms with Crippen LogP contribution in [0.15, 0.2) is 0 Å². The van der Waals surface area contributed by atoms with Gasteiger partial charge in [0.1, 0.15) is 0 Å². The van der Waals surface area contributed by atoms with Gasteiger partial charge in [0, 0.05) is 13.1 Å². The minimum Gasteiger partial charge on any atom is -0.356 e. The summed E-state index contributed by atoms with van der Waals surface area (Å²) in [6.45, 7) is 11.9. The predicted octanol–water partition coefficient (Wildman–Crippen LogP) is 2.16. The second kappa shape index (κ2) is 6.89. The molecule has 0 aliphatic rings. The molecule has 16 heavy (non-hydrogen) atoms. The maximum atomic E-state index is 11.8. The monoisotopic (exact) mass is 228 g/mol. The van der Waals surface area contributed by atoms with E-state index < -0.39 is 0 Å². The minimum atomic E-state index is -0.0278. The van der Waals surface area contributed by atoms with Crippen LogP contribution in [0.4, 0.5) is 0 Å². The van der Waals surface area contributed by atoms with Crippen LogP contribution in [-0.2, 0) is 4.79 Å². The molecule has 0 bridgehead atoms. The lowest BCUT2D eigenvalue weighted by Crippen LogP contribution is -2.37. The topological polar surface area (TPSA) is 55.1 Å². The molecule has 0 aliphatic heterocycles. The molecular weight excluding hydrogens is 200 g/mol. The highest BCUT2D eigenvalue weighted by Gasteiger charge is 2.18. The van der Waals surface area contributed by atoms with E-state index in [-0.39, 0.29) is 17.2 Å². The highest BCUT2D eigenvalue weighted by molar-refractivity contribution is 5.78. The molecule has 0 fully saturated rings. The summed E-state index contributed by atoms with van der Waals surface area (Å²) in [4.78, 5) is 11.8. The second-order valence-electron chi connectivity index (χ2n) is 6.16. The quantitative estimate of drug-likeness (QED) is 0.732. The van der Waals surface area contributed by atoms with E-state index in [0.29, 0.717) is 12.5 Å². The lowest BCUT2D eigenvalue weighted by molar-refractivity contribution is -0.125. The van der Waals surface area contributed by atoms with Crippen LogP contribution in [-0.4, -0.2) is 19.0 Å². The Bertz CT molecular complexity index is 206. The first kappa shape index (κ1) is 15.4. The number of nitrogens with one attached hydrogen (secondary N) is 1. The Morgan fingerprint density at radius 2 is 1.88 bits per heavy atom. The average molecular weight is 228 g/mol. The van der Waals surface area contributed by atoms with Gasteiger partial charge in [0.2, 0.25) is 5.91 Å². The Balaban J connectivity index is 3.93. The van der Waals surface area contributed by atoms with E-state index in [9.17, 15) is 4.79 Å². The Labute approximate surface area is 100 Å². The second-order valence-corrected chi connectivity index (χ2v) is 6.16. The molecule has 0 saturated heterocycles. The normalized spacial score (nSPS) is 13.9.